The second-order valence-electron chi connectivity index (χ2n) is 7.19. The van der Waals surface area contributed by atoms with Crippen LogP contribution in [0.1, 0.15) is 29.1 Å². The van der Waals surface area contributed by atoms with Gasteiger partial charge in [0.15, 0.2) is 6.10 Å². The first-order valence-electron chi connectivity index (χ1n) is 10.4. The molecule has 10 heteroatoms. The first-order valence-corrected chi connectivity index (χ1v) is 11.2. The number of nitrogens with zero attached hydrogens (tertiary/aromatic N) is 1. The SMILES string of the molecule is CCOC(=O)c1c(NC(=O)C(C)Oc2cccc(OC)c2)sc(C)c1-c1ccc([N+](=O)[O-])cc1. The molecule has 1 unspecified atom stereocenters. The maximum atomic E-state index is 12.9. The maximum absolute atomic E-state index is 12.9. The summed E-state index contributed by atoms with van der Waals surface area (Å²) < 4.78 is 16.1. The molecule has 2 aromatic carbocycles. The number of amides is 1. The van der Waals surface area contributed by atoms with Gasteiger partial charge in [-0.25, -0.2) is 4.79 Å². The van der Waals surface area contributed by atoms with Crippen LogP contribution in [-0.4, -0.2) is 36.6 Å². The molecule has 0 aliphatic carbocycles. The average Bonchev–Trinajstić information content (AvgIpc) is 3.14. The summed E-state index contributed by atoms with van der Waals surface area (Å²) in [5, 5.41) is 14.1. The Bertz CT molecular complexity index is 1200. The van der Waals surface area contributed by atoms with Crippen molar-refractivity contribution in [3.05, 3.63) is 69.1 Å². The van der Waals surface area contributed by atoms with Crippen LogP contribution in [0.25, 0.3) is 11.1 Å². The number of non-ortho nitro benzene ring substituents is 1. The topological polar surface area (TPSA) is 117 Å². The molecular weight excluding hydrogens is 460 g/mol. The minimum absolute atomic E-state index is 0.0636. The Kier molecular flexibility index (Phi) is 7.85. The largest absolute Gasteiger partial charge is 0.497 e. The summed E-state index contributed by atoms with van der Waals surface area (Å²) in [7, 11) is 1.54. The summed E-state index contributed by atoms with van der Waals surface area (Å²) in [6.07, 6.45) is -0.868. The molecule has 34 heavy (non-hydrogen) atoms. The van der Waals surface area contributed by atoms with Crippen LogP contribution < -0.4 is 14.8 Å². The van der Waals surface area contributed by atoms with Gasteiger partial charge in [0, 0.05) is 28.6 Å². The number of nitro benzene ring substituents is 1. The van der Waals surface area contributed by atoms with Crippen LogP contribution in [0.4, 0.5) is 10.7 Å². The lowest BCUT2D eigenvalue weighted by Crippen LogP contribution is -2.30. The molecule has 3 rings (SSSR count). The van der Waals surface area contributed by atoms with E-state index in [9.17, 15) is 19.7 Å². The van der Waals surface area contributed by atoms with E-state index in [-0.39, 0.29) is 17.9 Å². The summed E-state index contributed by atoms with van der Waals surface area (Å²) in [6, 6.07) is 12.7. The fourth-order valence-corrected chi connectivity index (χ4v) is 4.34. The van der Waals surface area contributed by atoms with Gasteiger partial charge in [-0.1, -0.05) is 6.07 Å². The number of methoxy groups -OCH3 is 1. The van der Waals surface area contributed by atoms with Crippen molar-refractivity contribution in [2.45, 2.75) is 26.9 Å². The maximum Gasteiger partial charge on any atom is 0.341 e. The zero-order valence-electron chi connectivity index (χ0n) is 19.1. The van der Waals surface area contributed by atoms with E-state index < -0.39 is 22.9 Å². The van der Waals surface area contributed by atoms with Gasteiger partial charge in [0.25, 0.3) is 11.6 Å². The Morgan fingerprint density at radius 3 is 2.44 bits per heavy atom. The number of esters is 1. The van der Waals surface area contributed by atoms with Crippen molar-refractivity contribution < 1.29 is 28.7 Å². The van der Waals surface area contributed by atoms with Gasteiger partial charge in [-0.05, 0) is 50.6 Å². The molecule has 0 aliphatic heterocycles. The van der Waals surface area contributed by atoms with Crippen molar-refractivity contribution in [3.8, 4) is 22.6 Å². The number of benzene rings is 2. The second kappa shape index (κ2) is 10.8. The fraction of sp³-hybridized carbons (Fsp3) is 0.250. The smallest absolute Gasteiger partial charge is 0.341 e. The summed E-state index contributed by atoms with van der Waals surface area (Å²) >= 11 is 1.22. The molecule has 3 aromatic rings. The van der Waals surface area contributed by atoms with Crippen LogP contribution in [0.15, 0.2) is 48.5 Å². The van der Waals surface area contributed by atoms with Gasteiger partial charge in [0.05, 0.1) is 18.6 Å². The van der Waals surface area contributed by atoms with Gasteiger partial charge in [-0.15, -0.1) is 11.3 Å². The number of nitro groups is 1. The molecule has 1 heterocycles. The lowest BCUT2D eigenvalue weighted by molar-refractivity contribution is -0.384. The van der Waals surface area contributed by atoms with E-state index in [1.165, 1.54) is 30.6 Å². The first-order chi connectivity index (χ1) is 16.2. The van der Waals surface area contributed by atoms with Crippen molar-refractivity contribution in [1.29, 1.82) is 0 Å². The molecule has 178 valence electrons. The predicted octanol–water partition coefficient (Wildman–Crippen LogP) is 5.22. The van der Waals surface area contributed by atoms with Gasteiger partial charge >= 0.3 is 5.97 Å². The molecule has 1 amide bonds. The van der Waals surface area contributed by atoms with Crippen molar-refractivity contribution >= 4 is 33.9 Å². The normalized spacial score (nSPS) is 11.4. The van der Waals surface area contributed by atoms with E-state index in [2.05, 4.69) is 5.32 Å². The van der Waals surface area contributed by atoms with Crippen LogP contribution in [0.2, 0.25) is 0 Å². The lowest BCUT2D eigenvalue weighted by atomic mass is 10.0. The fourth-order valence-electron chi connectivity index (χ4n) is 3.27. The molecule has 0 bridgehead atoms. The highest BCUT2D eigenvalue weighted by molar-refractivity contribution is 7.17. The Hall–Kier alpha value is -3.92. The number of hydrogen-bond donors (Lipinski definition) is 1. The highest BCUT2D eigenvalue weighted by Crippen LogP contribution is 2.41. The summed E-state index contributed by atoms with van der Waals surface area (Å²) in [5.74, 6) is -0.000361. The number of hydrogen-bond acceptors (Lipinski definition) is 8. The number of thiophene rings is 1. The number of aryl methyl sites for hydroxylation is 1. The minimum atomic E-state index is -0.868. The Morgan fingerprint density at radius 2 is 1.82 bits per heavy atom. The Labute approximate surface area is 200 Å². The van der Waals surface area contributed by atoms with Crippen LogP contribution >= 0.6 is 11.3 Å². The van der Waals surface area contributed by atoms with Gasteiger partial charge in [-0.2, -0.15) is 0 Å². The molecule has 0 saturated heterocycles. The van der Waals surface area contributed by atoms with Gasteiger partial charge in [0.1, 0.15) is 22.1 Å². The van der Waals surface area contributed by atoms with Crippen LogP contribution in [0.5, 0.6) is 11.5 Å². The Balaban J connectivity index is 1.91. The molecule has 1 atom stereocenters. The summed E-state index contributed by atoms with van der Waals surface area (Å²) in [5.41, 5.74) is 1.28. The number of nitrogens with one attached hydrogen (secondary N) is 1. The zero-order valence-corrected chi connectivity index (χ0v) is 19.9. The highest BCUT2D eigenvalue weighted by Gasteiger charge is 2.27. The van der Waals surface area contributed by atoms with Crippen LogP contribution in [0, 0.1) is 17.0 Å². The van der Waals surface area contributed by atoms with Gasteiger partial charge in [-0.3, -0.25) is 14.9 Å². The number of rotatable bonds is 9. The molecule has 0 radical (unpaired) electrons. The van der Waals surface area contributed by atoms with E-state index in [0.29, 0.717) is 27.6 Å². The third-order valence-corrected chi connectivity index (χ3v) is 5.91. The molecule has 0 saturated carbocycles. The van der Waals surface area contributed by atoms with Crippen molar-refractivity contribution in [2.24, 2.45) is 0 Å². The third kappa shape index (κ3) is 5.52. The highest BCUT2D eigenvalue weighted by atomic mass is 32.1. The van der Waals surface area contributed by atoms with E-state index in [1.54, 1.807) is 57.2 Å². The molecule has 9 nitrogen and oxygen atoms in total. The number of carbonyl (C=O) groups is 2. The quantitative estimate of drug-likeness (QED) is 0.251. The van der Waals surface area contributed by atoms with E-state index in [1.807, 2.05) is 0 Å². The van der Waals surface area contributed by atoms with E-state index in [0.717, 1.165) is 4.88 Å². The lowest BCUT2D eigenvalue weighted by Gasteiger charge is -2.15. The molecular formula is C24H24N2O7S. The first kappa shape index (κ1) is 24.7. The monoisotopic (exact) mass is 484 g/mol. The molecule has 1 N–H and O–H groups in total. The van der Waals surface area contributed by atoms with Crippen LogP contribution in [0.3, 0.4) is 0 Å². The van der Waals surface area contributed by atoms with Gasteiger partial charge in [0.2, 0.25) is 0 Å². The minimum Gasteiger partial charge on any atom is -0.497 e. The third-order valence-electron chi connectivity index (χ3n) is 4.89. The van der Waals surface area contributed by atoms with Crippen molar-refractivity contribution in [2.75, 3.05) is 19.0 Å². The van der Waals surface area contributed by atoms with Crippen molar-refractivity contribution in [3.63, 3.8) is 0 Å². The van der Waals surface area contributed by atoms with E-state index >= 15 is 0 Å². The number of carbonyl (C=O) groups excluding carboxylic acids is 2. The molecule has 1 aromatic heterocycles. The molecule has 0 fully saturated rings. The van der Waals surface area contributed by atoms with Crippen LogP contribution in [-0.2, 0) is 9.53 Å². The standard InChI is InChI=1S/C24H24N2O7S/c1-5-32-24(28)21-20(16-9-11-17(12-10-16)26(29)30)15(3)34-23(21)25-22(27)14(2)33-19-8-6-7-18(13-19)31-4/h6-14H,5H2,1-4H3,(H,25,27). The number of anilines is 1. The average molecular weight is 485 g/mol. The number of ether oxygens (including phenoxy) is 3. The van der Waals surface area contributed by atoms with Crippen molar-refractivity contribution in [1.82, 2.24) is 0 Å². The molecule has 0 aliphatic rings. The zero-order chi connectivity index (χ0) is 24.8. The second-order valence-corrected chi connectivity index (χ2v) is 8.41. The van der Waals surface area contributed by atoms with E-state index in [4.69, 9.17) is 14.2 Å². The van der Waals surface area contributed by atoms with Gasteiger partial charge < -0.3 is 19.5 Å². The molecule has 0 spiro atoms. The summed E-state index contributed by atoms with van der Waals surface area (Å²) in [4.78, 5) is 37.0. The summed E-state index contributed by atoms with van der Waals surface area (Å²) in [6.45, 7) is 5.23. The predicted molar refractivity (Wildman–Crippen MR) is 129 cm³/mol. The Morgan fingerprint density at radius 1 is 1.15 bits per heavy atom.